The van der Waals surface area contributed by atoms with Crippen molar-refractivity contribution in [1.82, 2.24) is 14.6 Å². The Morgan fingerprint density at radius 2 is 2.41 bits per heavy atom. The van der Waals surface area contributed by atoms with Crippen molar-refractivity contribution in [3.05, 3.63) is 22.8 Å². The molecule has 0 aromatic carbocycles. The zero-order valence-electron chi connectivity index (χ0n) is 9.85. The standard InChI is InChI=1S/C11H15BrN4O/c1-8(5-7-17-2)13-11-14-10-9(12)4-3-6-16(10)15-11/h3-4,6,8H,5,7H2,1-2H3,(H,13,15). The molecule has 5 nitrogen and oxygen atoms in total. The van der Waals surface area contributed by atoms with Crippen LogP contribution in [-0.4, -0.2) is 34.4 Å². The van der Waals surface area contributed by atoms with Crippen LogP contribution in [0, 0.1) is 0 Å². The molecule has 0 saturated carbocycles. The number of ether oxygens (including phenoxy) is 1. The van der Waals surface area contributed by atoms with Gasteiger partial charge < -0.3 is 10.1 Å². The quantitative estimate of drug-likeness (QED) is 0.920. The Bertz CT molecular complexity index is 499. The highest BCUT2D eigenvalue weighted by Gasteiger charge is 2.08. The third-order valence-corrected chi connectivity index (χ3v) is 3.06. The van der Waals surface area contributed by atoms with Crippen molar-refractivity contribution in [3.63, 3.8) is 0 Å². The summed E-state index contributed by atoms with van der Waals surface area (Å²) in [6.07, 6.45) is 2.80. The molecule has 6 heteroatoms. The highest BCUT2D eigenvalue weighted by Crippen LogP contribution is 2.17. The molecule has 0 aliphatic carbocycles. The summed E-state index contributed by atoms with van der Waals surface area (Å²) < 4.78 is 7.72. The molecule has 0 aliphatic heterocycles. The Kier molecular flexibility index (Phi) is 3.96. The number of pyridine rings is 1. The maximum absolute atomic E-state index is 5.03. The van der Waals surface area contributed by atoms with E-state index in [0.29, 0.717) is 5.95 Å². The lowest BCUT2D eigenvalue weighted by Gasteiger charge is -2.10. The zero-order valence-corrected chi connectivity index (χ0v) is 11.4. The van der Waals surface area contributed by atoms with Gasteiger partial charge in [0.25, 0.3) is 0 Å². The smallest absolute Gasteiger partial charge is 0.243 e. The molecule has 2 rings (SSSR count). The molecule has 0 radical (unpaired) electrons. The number of rotatable bonds is 5. The predicted molar refractivity (Wildman–Crippen MR) is 70.3 cm³/mol. The minimum absolute atomic E-state index is 0.283. The van der Waals surface area contributed by atoms with E-state index in [1.807, 2.05) is 18.3 Å². The van der Waals surface area contributed by atoms with E-state index >= 15 is 0 Å². The number of hydrogen-bond acceptors (Lipinski definition) is 4. The molecule has 0 fully saturated rings. The van der Waals surface area contributed by atoms with Crippen LogP contribution in [0.25, 0.3) is 5.65 Å². The van der Waals surface area contributed by atoms with Crippen LogP contribution in [0.3, 0.4) is 0 Å². The summed E-state index contributed by atoms with van der Waals surface area (Å²) in [7, 11) is 1.70. The topological polar surface area (TPSA) is 51.5 Å². The summed E-state index contributed by atoms with van der Waals surface area (Å²) >= 11 is 3.45. The average molecular weight is 299 g/mol. The largest absolute Gasteiger partial charge is 0.385 e. The molecule has 1 N–H and O–H groups in total. The molecule has 2 aromatic heterocycles. The normalized spacial score (nSPS) is 12.9. The summed E-state index contributed by atoms with van der Waals surface area (Å²) in [6.45, 7) is 2.81. The van der Waals surface area contributed by atoms with Crippen LogP contribution in [-0.2, 0) is 4.74 Å². The van der Waals surface area contributed by atoms with E-state index in [4.69, 9.17) is 4.74 Å². The van der Waals surface area contributed by atoms with Gasteiger partial charge in [-0.1, -0.05) is 0 Å². The van der Waals surface area contributed by atoms with Crippen molar-refractivity contribution in [1.29, 1.82) is 0 Å². The van der Waals surface area contributed by atoms with Crippen LogP contribution < -0.4 is 5.32 Å². The van der Waals surface area contributed by atoms with Gasteiger partial charge in [0.05, 0.1) is 4.47 Å². The van der Waals surface area contributed by atoms with Gasteiger partial charge in [-0.25, -0.2) is 4.52 Å². The molecule has 2 aromatic rings. The Hall–Kier alpha value is -1.14. The molecule has 2 heterocycles. The highest BCUT2D eigenvalue weighted by atomic mass is 79.9. The second-order valence-corrected chi connectivity index (χ2v) is 4.74. The van der Waals surface area contributed by atoms with Gasteiger partial charge in [-0.2, -0.15) is 4.98 Å². The number of nitrogens with zero attached hydrogens (tertiary/aromatic N) is 3. The summed E-state index contributed by atoms with van der Waals surface area (Å²) in [5.41, 5.74) is 0.814. The summed E-state index contributed by atoms with van der Waals surface area (Å²) in [5.74, 6) is 0.639. The van der Waals surface area contributed by atoms with E-state index in [1.165, 1.54) is 0 Å². The van der Waals surface area contributed by atoms with E-state index in [0.717, 1.165) is 23.1 Å². The lowest BCUT2D eigenvalue weighted by molar-refractivity contribution is 0.191. The minimum atomic E-state index is 0.283. The maximum Gasteiger partial charge on any atom is 0.243 e. The van der Waals surface area contributed by atoms with E-state index in [1.54, 1.807) is 11.6 Å². The number of halogens is 1. The number of hydrogen-bond donors (Lipinski definition) is 1. The molecule has 92 valence electrons. The molecule has 0 spiro atoms. The highest BCUT2D eigenvalue weighted by molar-refractivity contribution is 9.10. The fourth-order valence-electron chi connectivity index (χ4n) is 1.52. The average Bonchev–Trinajstić information content (AvgIpc) is 2.70. The van der Waals surface area contributed by atoms with Crippen LogP contribution in [0.2, 0.25) is 0 Å². The van der Waals surface area contributed by atoms with Gasteiger partial charge >= 0.3 is 0 Å². The van der Waals surface area contributed by atoms with Crippen molar-refractivity contribution < 1.29 is 4.74 Å². The molecule has 0 amide bonds. The van der Waals surface area contributed by atoms with Crippen LogP contribution >= 0.6 is 15.9 Å². The Labute approximate surface area is 108 Å². The summed E-state index contributed by atoms with van der Waals surface area (Å²) in [6, 6.07) is 4.15. The Balaban J connectivity index is 2.11. The van der Waals surface area contributed by atoms with Crippen LogP contribution in [0.1, 0.15) is 13.3 Å². The van der Waals surface area contributed by atoms with Crippen molar-refractivity contribution in [2.45, 2.75) is 19.4 Å². The summed E-state index contributed by atoms with van der Waals surface area (Å²) in [5, 5.41) is 7.59. The van der Waals surface area contributed by atoms with Crippen molar-refractivity contribution in [2.24, 2.45) is 0 Å². The van der Waals surface area contributed by atoms with E-state index in [2.05, 4.69) is 38.3 Å². The minimum Gasteiger partial charge on any atom is -0.385 e. The predicted octanol–water partition coefficient (Wildman–Crippen LogP) is 2.33. The molecular weight excluding hydrogens is 284 g/mol. The lowest BCUT2D eigenvalue weighted by Crippen LogP contribution is -2.18. The second kappa shape index (κ2) is 5.46. The van der Waals surface area contributed by atoms with Gasteiger partial charge in [0.15, 0.2) is 5.65 Å². The lowest BCUT2D eigenvalue weighted by atomic mass is 10.2. The van der Waals surface area contributed by atoms with Crippen LogP contribution in [0.5, 0.6) is 0 Å². The zero-order chi connectivity index (χ0) is 12.3. The van der Waals surface area contributed by atoms with Gasteiger partial charge in [-0.3, -0.25) is 0 Å². The van der Waals surface area contributed by atoms with Gasteiger partial charge in [0.1, 0.15) is 0 Å². The van der Waals surface area contributed by atoms with E-state index in [9.17, 15) is 0 Å². The second-order valence-electron chi connectivity index (χ2n) is 3.89. The molecule has 1 unspecified atom stereocenters. The molecule has 1 atom stereocenters. The van der Waals surface area contributed by atoms with Gasteiger partial charge in [0.2, 0.25) is 5.95 Å². The first kappa shape index (κ1) is 12.3. The fourth-order valence-corrected chi connectivity index (χ4v) is 1.94. The SMILES string of the molecule is COCCC(C)Nc1nc2c(Br)cccn2n1. The fraction of sp³-hybridized carbons (Fsp3) is 0.455. The molecule has 0 aliphatic rings. The number of aromatic nitrogens is 3. The van der Waals surface area contributed by atoms with Gasteiger partial charge in [-0.15, -0.1) is 5.10 Å². The van der Waals surface area contributed by atoms with Crippen LogP contribution in [0.4, 0.5) is 5.95 Å². The third-order valence-electron chi connectivity index (χ3n) is 2.45. The number of nitrogens with one attached hydrogen (secondary N) is 1. The molecular formula is C11H15BrN4O. The molecule has 17 heavy (non-hydrogen) atoms. The van der Waals surface area contributed by atoms with E-state index < -0.39 is 0 Å². The van der Waals surface area contributed by atoms with E-state index in [-0.39, 0.29) is 6.04 Å². The Morgan fingerprint density at radius 3 is 3.12 bits per heavy atom. The van der Waals surface area contributed by atoms with Crippen molar-refractivity contribution >= 4 is 27.5 Å². The number of fused-ring (bicyclic) bond motifs is 1. The van der Waals surface area contributed by atoms with Gasteiger partial charge in [-0.05, 0) is 41.4 Å². The summed E-state index contributed by atoms with van der Waals surface area (Å²) in [4.78, 5) is 4.41. The molecule has 0 saturated heterocycles. The van der Waals surface area contributed by atoms with Crippen molar-refractivity contribution in [2.75, 3.05) is 19.0 Å². The Morgan fingerprint density at radius 1 is 1.59 bits per heavy atom. The maximum atomic E-state index is 5.03. The number of anilines is 1. The molecule has 0 bridgehead atoms. The first-order chi connectivity index (χ1) is 8.20. The number of methoxy groups -OCH3 is 1. The van der Waals surface area contributed by atoms with Gasteiger partial charge in [0, 0.05) is 26.0 Å². The first-order valence-electron chi connectivity index (χ1n) is 5.47. The third kappa shape index (κ3) is 2.95. The first-order valence-corrected chi connectivity index (χ1v) is 6.26. The van der Waals surface area contributed by atoms with Crippen LogP contribution in [0.15, 0.2) is 22.8 Å². The monoisotopic (exact) mass is 298 g/mol. The van der Waals surface area contributed by atoms with Crippen molar-refractivity contribution in [3.8, 4) is 0 Å².